The zero-order chi connectivity index (χ0) is 14.2. The van der Waals surface area contributed by atoms with Crippen LogP contribution in [0.3, 0.4) is 0 Å². The lowest BCUT2D eigenvalue weighted by Crippen LogP contribution is -2.38. The summed E-state index contributed by atoms with van der Waals surface area (Å²) in [5.41, 5.74) is 8.65. The Balaban J connectivity index is 2.19. The van der Waals surface area contributed by atoms with E-state index in [9.17, 15) is 0 Å². The molecule has 0 atom stereocenters. The van der Waals surface area contributed by atoms with Crippen molar-refractivity contribution in [1.82, 2.24) is 9.78 Å². The summed E-state index contributed by atoms with van der Waals surface area (Å²) < 4.78 is 1.98. The zero-order valence-corrected chi connectivity index (χ0v) is 13.0. The maximum Gasteiger partial charge on any atom is 0.131 e. The summed E-state index contributed by atoms with van der Waals surface area (Å²) in [6.45, 7) is 7.37. The van der Waals surface area contributed by atoms with Gasteiger partial charge in [0.25, 0.3) is 0 Å². The molecule has 4 nitrogen and oxygen atoms in total. The van der Waals surface area contributed by atoms with E-state index in [1.54, 1.807) is 0 Å². The number of nitrogens with zero attached hydrogens (tertiary/aromatic N) is 3. The smallest absolute Gasteiger partial charge is 0.131 e. The molecule has 108 valence electrons. The van der Waals surface area contributed by atoms with Gasteiger partial charge in [-0.1, -0.05) is 13.8 Å². The summed E-state index contributed by atoms with van der Waals surface area (Å²) in [6, 6.07) is 0.619. The Labute approximate surface area is 117 Å². The minimum atomic E-state index is 0.510. The topological polar surface area (TPSA) is 47.1 Å². The van der Waals surface area contributed by atoms with E-state index in [4.69, 9.17) is 5.73 Å². The van der Waals surface area contributed by atoms with Crippen molar-refractivity contribution in [3.05, 3.63) is 11.3 Å². The Morgan fingerprint density at radius 3 is 2.47 bits per heavy atom. The number of nitrogens with two attached hydrogens (primary N) is 1. The normalized spacial score (nSPS) is 19.7. The van der Waals surface area contributed by atoms with Gasteiger partial charge in [0.2, 0.25) is 0 Å². The zero-order valence-electron chi connectivity index (χ0n) is 13.0. The lowest BCUT2D eigenvalue weighted by atomic mass is 9.75. The van der Waals surface area contributed by atoms with Gasteiger partial charge in [-0.2, -0.15) is 5.10 Å². The van der Waals surface area contributed by atoms with E-state index in [1.165, 1.54) is 37.1 Å². The molecule has 1 saturated carbocycles. The van der Waals surface area contributed by atoms with E-state index in [1.807, 2.05) is 18.7 Å². The van der Waals surface area contributed by atoms with Gasteiger partial charge in [-0.25, -0.2) is 0 Å². The standard InChI is InChI=1S/C15H28N4/c1-11-13(10-16)14(19(5)17-11)18(4)12-6-8-15(2,3)9-7-12/h12H,6-10,16H2,1-5H3. The molecule has 0 radical (unpaired) electrons. The average molecular weight is 264 g/mol. The van der Waals surface area contributed by atoms with Crippen LogP contribution in [0.25, 0.3) is 0 Å². The first kappa shape index (κ1) is 14.4. The Morgan fingerprint density at radius 1 is 1.37 bits per heavy atom. The number of rotatable bonds is 3. The van der Waals surface area contributed by atoms with Crippen molar-refractivity contribution >= 4 is 5.82 Å². The summed E-state index contributed by atoms with van der Waals surface area (Å²) in [5.74, 6) is 1.20. The molecule has 1 aliphatic carbocycles. The summed E-state index contributed by atoms with van der Waals surface area (Å²) in [4.78, 5) is 2.40. The Bertz CT molecular complexity index is 437. The van der Waals surface area contributed by atoms with E-state index >= 15 is 0 Å². The van der Waals surface area contributed by atoms with Crippen LogP contribution >= 0.6 is 0 Å². The molecule has 19 heavy (non-hydrogen) atoms. The van der Waals surface area contributed by atoms with Crippen LogP contribution < -0.4 is 10.6 Å². The van der Waals surface area contributed by atoms with Gasteiger partial charge in [-0.05, 0) is 38.0 Å². The lowest BCUT2D eigenvalue weighted by Gasteiger charge is -2.39. The van der Waals surface area contributed by atoms with Gasteiger partial charge in [0.15, 0.2) is 0 Å². The molecule has 0 saturated heterocycles. The second-order valence-electron chi connectivity index (χ2n) is 6.72. The van der Waals surface area contributed by atoms with E-state index in [0.717, 1.165) is 5.69 Å². The third kappa shape index (κ3) is 2.78. The molecule has 0 aromatic carbocycles. The predicted molar refractivity (Wildman–Crippen MR) is 80.3 cm³/mol. The number of anilines is 1. The van der Waals surface area contributed by atoms with Gasteiger partial charge >= 0.3 is 0 Å². The van der Waals surface area contributed by atoms with Crippen molar-refractivity contribution in [2.45, 2.75) is 59.0 Å². The van der Waals surface area contributed by atoms with Crippen molar-refractivity contribution in [2.24, 2.45) is 18.2 Å². The molecule has 2 N–H and O–H groups in total. The van der Waals surface area contributed by atoms with E-state index in [0.29, 0.717) is 18.0 Å². The quantitative estimate of drug-likeness (QED) is 0.913. The molecule has 2 rings (SSSR count). The summed E-state index contributed by atoms with van der Waals surface area (Å²) in [7, 11) is 4.21. The molecular formula is C15H28N4. The third-order valence-corrected chi connectivity index (χ3v) is 4.71. The Morgan fingerprint density at radius 2 is 1.95 bits per heavy atom. The monoisotopic (exact) mass is 264 g/mol. The molecule has 1 aromatic heterocycles. The van der Waals surface area contributed by atoms with Gasteiger partial charge in [-0.3, -0.25) is 4.68 Å². The maximum absolute atomic E-state index is 5.90. The van der Waals surface area contributed by atoms with E-state index in [-0.39, 0.29) is 0 Å². The molecule has 0 amide bonds. The fraction of sp³-hybridized carbons (Fsp3) is 0.800. The average Bonchev–Trinajstić information content (AvgIpc) is 2.62. The highest BCUT2D eigenvalue weighted by Gasteiger charge is 2.30. The van der Waals surface area contributed by atoms with Crippen LogP contribution in [0.1, 0.15) is 50.8 Å². The first-order valence-corrected chi connectivity index (χ1v) is 7.31. The predicted octanol–water partition coefficient (Wildman–Crippen LogP) is 2.59. The SMILES string of the molecule is Cc1nn(C)c(N(C)C2CCC(C)(C)CC2)c1CN. The van der Waals surface area contributed by atoms with Gasteiger partial charge in [0.05, 0.1) is 5.69 Å². The molecule has 0 spiro atoms. The molecule has 1 heterocycles. The highest BCUT2D eigenvalue weighted by molar-refractivity contribution is 5.50. The van der Waals surface area contributed by atoms with Crippen molar-refractivity contribution in [3.63, 3.8) is 0 Å². The summed E-state index contributed by atoms with van der Waals surface area (Å²) in [5, 5.41) is 4.52. The van der Waals surface area contributed by atoms with Crippen LogP contribution in [0.15, 0.2) is 0 Å². The van der Waals surface area contributed by atoms with Crippen LogP contribution in [0.5, 0.6) is 0 Å². The van der Waals surface area contributed by atoms with E-state index in [2.05, 4.69) is 30.9 Å². The highest BCUT2D eigenvalue weighted by Crippen LogP contribution is 2.38. The van der Waals surface area contributed by atoms with Gasteiger partial charge in [-0.15, -0.1) is 0 Å². The van der Waals surface area contributed by atoms with Crippen LogP contribution in [0.2, 0.25) is 0 Å². The molecular weight excluding hydrogens is 236 g/mol. The minimum Gasteiger partial charge on any atom is -0.357 e. The highest BCUT2D eigenvalue weighted by atomic mass is 15.4. The van der Waals surface area contributed by atoms with Gasteiger partial charge in [0, 0.05) is 32.2 Å². The number of aryl methyl sites for hydroxylation is 2. The Hall–Kier alpha value is -1.03. The fourth-order valence-electron chi connectivity index (χ4n) is 3.31. The molecule has 0 unspecified atom stereocenters. The van der Waals surface area contributed by atoms with Crippen molar-refractivity contribution in [1.29, 1.82) is 0 Å². The van der Waals surface area contributed by atoms with Gasteiger partial charge in [0.1, 0.15) is 5.82 Å². The largest absolute Gasteiger partial charge is 0.357 e. The van der Waals surface area contributed by atoms with Crippen molar-refractivity contribution in [2.75, 3.05) is 11.9 Å². The van der Waals surface area contributed by atoms with Crippen LogP contribution in [0, 0.1) is 12.3 Å². The molecule has 0 bridgehead atoms. The number of hydrogen-bond donors (Lipinski definition) is 1. The Kier molecular flexibility index (Phi) is 3.90. The van der Waals surface area contributed by atoms with Crippen LogP contribution in [0.4, 0.5) is 5.82 Å². The number of hydrogen-bond acceptors (Lipinski definition) is 3. The maximum atomic E-state index is 5.90. The summed E-state index contributed by atoms with van der Waals surface area (Å²) in [6.07, 6.45) is 5.13. The second-order valence-corrected chi connectivity index (χ2v) is 6.72. The fourth-order valence-corrected chi connectivity index (χ4v) is 3.31. The second kappa shape index (κ2) is 5.16. The molecule has 4 heteroatoms. The van der Waals surface area contributed by atoms with E-state index < -0.39 is 0 Å². The van der Waals surface area contributed by atoms with Crippen molar-refractivity contribution in [3.8, 4) is 0 Å². The summed E-state index contributed by atoms with van der Waals surface area (Å²) >= 11 is 0. The van der Waals surface area contributed by atoms with Gasteiger partial charge < -0.3 is 10.6 Å². The number of aromatic nitrogens is 2. The molecule has 1 aliphatic rings. The van der Waals surface area contributed by atoms with Crippen LogP contribution in [-0.2, 0) is 13.6 Å². The lowest BCUT2D eigenvalue weighted by molar-refractivity contribution is 0.222. The molecule has 1 fully saturated rings. The first-order valence-electron chi connectivity index (χ1n) is 7.31. The first-order chi connectivity index (χ1) is 8.85. The molecule has 1 aromatic rings. The molecule has 0 aliphatic heterocycles. The van der Waals surface area contributed by atoms with Crippen molar-refractivity contribution < 1.29 is 0 Å². The minimum absolute atomic E-state index is 0.510. The third-order valence-electron chi connectivity index (χ3n) is 4.71. The van der Waals surface area contributed by atoms with Crippen LogP contribution in [-0.4, -0.2) is 22.9 Å².